The molecule has 0 bridgehead atoms. The monoisotopic (exact) mass is 500 g/mol. The van der Waals surface area contributed by atoms with Crippen LogP contribution in [0.25, 0.3) is 5.69 Å². The quantitative estimate of drug-likeness (QED) is 0.329. The molecule has 2 aromatic carbocycles. The van der Waals surface area contributed by atoms with Gasteiger partial charge in [-0.2, -0.15) is 10.2 Å². The second kappa shape index (κ2) is 9.50. The fraction of sp³-hybridized carbons (Fsp3) is 0.345. The summed E-state index contributed by atoms with van der Waals surface area (Å²) in [7, 11) is 0. The summed E-state index contributed by atoms with van der Waals surface area (Å²) in [6.45, 7) is 8.38. The Bertz CT molecular complexity index is 1390. The molecular formula is C29H33FN6O. The number of anilines is 1. The SMILES string of the molecule is CCC(CC)(NC(=O)c1cnn2c1NC(c1ccccc1)CC2(C)C)c1ccnn1-c1ccc(F)cc1. The first-order valence-corrected chi connectivity index (χ1v) is 12.8. The minimum Gasteiger partial charge on any atom is -0.363 e. The van der Waals surface area contributed by atoms with Crippen LogP contribution in [0, 0.1) is 5.82 Å². The molecule has 4 aromatic rings. The summed E-state index contributed by atoms with van der Waals surface area (Å²) in [4.78, 5) is 13.9. The normalized spacial score (nSPS) is 16.6. The van der Waals surface area contributed by atoms with Crippen molar-refractivity contribution in [1.82, 2.24) is 24.9 Å². The highest BCUT2D eigenvalue weighted by Crippen LogP contribution is 2.40. The summed E-state index contributed by atoms with van der Waals surface area (Å²) >= 11 is 0. The van der Waals surface area contributed by atoms with Crippen LogP contribution < -0.4 is 10.6 Å². The van der Waals surface area contributed by atoms with E-state index in [0.29, 0.717) is 18.4 Å². The molecule has 0 radical (unpaired) electrons. The molecule has 2 N–H and O–H groups in total. The molecule has 192 valence electrons. The van der Waals surface area contributed by atoms with Crippen molar-refractivity contribution in [3.8, 4) is 5.69 Å². The lowest BCUT2D eigenvalue weighted by atomic mass is 9.87. The second-order valence-corrected chi connectivity index (χ2v) is 10.3. The van der Waals surface area contributed by atoms with Gasteiger partial charge in [0.1, 0.15) is 17.2 Å². The zero-order chi connectivity index (χ0) is 26.2. The Morgan fingerprint density at radius 3 is 2.46 bits per heavy atom. The standard InChI is InChI=1S/C29H33FN6O/c1-5-29(6-2,25-16-17-31-35(25)22-14-12-21(30)13-15-22)34-27(37)23-19-32-36-26(23)33-24(18-28(36,3)4)20-10-8-7-9-11-20/h7-17,19,24,33H,5-6,18H2,1-4H3,(H,34,37). The number of amides is 1. The fourth-order valence-electron chi connectivity index (χ4n) is 5.39. The molecule has 7 nitrogen and oxygen atoms in total. The van der Waals surface area contributed by atoms with Gasteiger partial charge in [0.05, 0.1) is 34.7 Å². The van der Waals surface area contributed by atoms with Crippen LogP contribution in [-0.2, 0) is 11.1 Å². The van der Waals surface area contributed by atoms with Crippen LogP contribution in [-0.4, -0.2) is 25.5 Å². The lowest BCUT2D eigenvalue weighted by molar-refractivity contribution is 0.0885. The lowest BCUT2D eigenvalue weighted by Gasteiger charge is -2.38. The molecule has 0 aliphatic carbocycles. The van der Waals surface area contributed by atoms with Gasteiger partial charge in [0.15, 0.2) is 0 Å². The van der Waals surface area contributed by atoms with Gasteiger partial charge >= 0.3 is 0 Å². The molecule has 1 amide bonds. The van der Waals surface area contributed by atoms with Crippen LogP contribution >= 0.6 is 0 Å². The molecule has 0 fully saturated rings. The van der Waals surface area contributed by atoms with Gasteiger partial charge in [-0.05, 0) is 69.0 Å². The van der Waals surface area contributed by atoms with Gasteiger partial charge in [0, 0.05) is 6.20 Å². The van der Waals surface area contributed by atoms with Gasteiger partial charge in [-0.3, -0.25) is 4.79 Å². The molecule has 0 saturated carbocycles. The number of halogens is 1. The van der Waals surface area contributed by atoms with E-state index in [1.807, 2.05) is 42.8 Å². The lowest BCUT2D eigenvalue weighted by Crippen LogP contribution is -2.47. The van der Waals surface area contributed by atoms with Gasteiger partial charge in [0.25, 0.3) is 5.91 Å². The average molecular weight is 501 g/mol. The van der Waals surface area contributed by atoms with Crippen molar-refractivity contribution >= 4 is 11.7 Å². The van der Waals surface area contributed by atoms with E-state index in [-0.39, 0.29) is 23.3 Å². The third-order valence-corrected chi connectivity index (χ3v) is 7.57. The molecule has 1 aliphatic heterocycles. The van der Waals surface area contributed by atoms with E-state index in [0.717, 1.165) is 23.6 Å². The zero-order valence-electron chi connectivity index (χ0n) is 21.7. The highest BCUT2D eigenvalue weighted by atomic mass is 19.1. The topological polar surface area (TPSA) is 76.8 Å². The predicted octanol–water partition coefficient (Wildman–Crippen LogP) is 5.95. The van der Waals surface area contributed by atoms with E-state index in [2.05, 4.69) is 46.8 Å². The van der Waals surface area contributed by atoms with Gasteiger partial charge in [0.2, 0.25) is 0 Å². The molecule has 0 spiro atoms. The molecule has 1 unspecified atom stereocenters. The Hall–Kier alpha value is -3.94. The van der Waals surface area contributed by atoms with Crippen molar-refractivity contribution in [1.29, 1.82) is 0 Å². The van der Waals surface area contributed by atoms with E-state index < -0.39 is 5.54 Å². The highest BCUT2D eigenvalue weighted by Gasteiger charge is 2.39. The number of hydrogen-bond acceptors (Lipinski definition) is 4. The van der Waals surface area contributed by atoms with Gasteiger partial charge in [-0.25, -0.2) is 13.8 Å². The van der Waals surface area contributed by atoms with Crippen molar-refractivity contribution in [2.24, 2.45) is 0 Å². The van der Waals surface area contributed by atoms with Crippen molar-refractivity contribution in [2.75, 3.05) is 5.32 Å². The third-order valence-electron chi connectivity index (χ3n) is 7.57. The van der Waals surface area contributed by atoms with Crippen LogP contribution in [0.3, 0.4) is 0 Å². The Balaban J connectivity index is 1.49. The molecule has 2 aromatic heterocycles. The smallest absolute Gasteiger partial charge is 0.257 e. The molecule has 0 saturated heterocycles. The summed E-state index contributed by atoms with van der Waals surface area (Å²) in [5.74, 6) is 0.211. The number of hydrogen-bond donors (Lipinski definition) is 2. The van der Waals surface area contributed by atoms with Crippen LogP contribution in [0.15, 0.2) is 73.1 Å². The average Bonchev–Trinajstić information content (AvgIpc) is 3.57. The minimum absolute atomic E-state index is 0.0639. The third kappa shape index (κ3) is 4.41. The summed E-state index contributed by atoms with van der Waals surface area (Å²) in [6, 6.07) is 18.5. The molecule has 1 atom stereocenters. The second-order valence-electron chi connectivity index (χ2n) is 10.3. The van der Waals surface area contributed by atoms with Gasteiger partial charge in [-0.15, -0.1) is 0 Å². The van der Waals surface area contributed by atoms with Crippen molar-refractivity contribution in [3.63, 3.8) is 0 Å². The first kappa shape index (κ1) is 24.7. The largest absolute Gasteiger partial charge is 0.363 e. The number of rotatable bonds is 7. The number of carbonyl (C=O) groups is 1. The molecular weight excluding hydrogens is 467 g/mol. The van der Waals surface area contributed by atoms with Crippen molar-refractivity contribution in [2.45, 2.75) is 64.1 Å². The maximum Gasteiger partial charge on any atom is 0.257 e. The van der Waals surface area contributed by atoms with Crippen molar-refractivity contribution in [3.05, 3.63) is 95.7 Å². The van der Waals surface area contributed by atoms with E-state index in [4.69, 9.17) is 0 Å². The summed E-state index contributed by atoms with van der Waals surface area (Å²) < 4.78 is 17.2. The molecule has 1 aliphatic rings. The fourth-order valence-corrected chi connectivity index (χ4v) is 5.39. The summed E-state index contributed by atoms with van der Waals surface area (Å²) in [5, 5.41) is 16.0. The van der Waals surface area contributed by atoms with Crippen molar-refractivity contribution < 1.29 is 9.18 Å². The Kier molecular flexibility index (Phi) is 6.35. The minimum atomic E-state index is -0.681. The number of aromatic nitrogens is 4. The Labute approximate surface area is 216 Å². The number of fused-ring (bicyclic) bond motifs is 1. The van der Waals surface area contributed by atoms with Crippen LogP contribution in [0.4, 0.5) is 10.2 Å². The Morgan fingerprint density at radius 2 is 1.78 bits per heavy atom. The number of nitrogens with one attached hydrogen (secondary N) is 2. The number of carbonyl (C=O) groups excluding carboxylic acids is 1. The first-order chi connectivity index (χ1) is 17.8. The van der Waals surface area contributed by atoms with E-state index in [9.17, 15) is 9.18 Å². The van der Waals surface area contributed by atoms with Crippen LogP contribution in [0.5, 0.6) is 0 Å². The predicted molar refractivity (Wildman–Crippen MR) is 142 cm³/mol. The molecule has 5 rings (SSSR count). The number of benzene rings is 2. The van der Waals surface area contributed by atoms with E-state index >= 15 is 0 Å². The summed E-state index contributed by atoms with van der Waals surface area (Å²) in [6.07, 6.45) is 5.51. The maximum atomic E-state index is 13.9. The van der Waals surface area contributed by atoms with Crippen LogP contribution in [0.1, 0.15) is 74.6 Å². The maximum absolute atomic E-state index is 13.9. The van der Waals surface area contributed by atoms with E-state index in [1.54, 1.807) is 29.2 Å². The highest BCUT2D eigenvalue weighted by molar-refractivity contribution is 5.99. The molecule has 3 heterocycles. The zero-order valence-corrected chi connectivity index (χ0v) is 21.7. The molecule has 8 heteroatoms. The number of nitrogens with zero attached hydrogens (tertiary/aromatic N) is 4. The first-order valence-electron chi connectivity index (χ1n) is 12.8. The van der Waals surface area contributed by atoms with Crippen LogP contribution in [0.2, 0.25) is 0 Å². The van der Waals surface area contributed by atoms with E-state index in [1.165, 1.54) is 17.7 Å². The van der Waals surface area contributed by atoms with Gasteiger partial charge in [-0.1, -0.05) is 44.2 Å². The summed E-state index contributed by atoms with van der Waals surface area (Å²) in [5.41, 5.74) is 2.31. The van der Waals surface area contributed by atoms with Gasteiger partial charge < -0.3 is 10.6 Å². The molecule has 37 heavy (non-hydrogen) atoms. The Morgan fingerprint density at radius 1 is 1.08 bits per heavy atom.